The fourth-order valence-electron chi connectivity index (χ4n) is 2.88. The summed E-state index contributed by atoms with van der Waals surface area (Å²) in [6, 6.07) is 3.39. The van der Waals surface area contributed by atoms with E-state index >= 15 is 0 Å². The van der Waals surface area contributed by atoms with Gasteiger partial charge in [-0.3, -0.25) is 0 Å². The third-order valence-corrected chi connectivity index (χ3v) is 4.18. The molecule has 1 aliphatic rings. The van der Waals surface area contributed by atoms with Gasteiger partial charge in [-0.15, -0.1) is 0 Å². The minimum atomic E-state index is -0.299. The van der Waals surface area contributed by atoms with Crippen LogP contribution in [0.1, 0.15) is 43.2 Å². The number of carbonyl (C=O) groups excluding carboxylic acids is 1. The molecule has 2 amide bonds. The Morgan fingerprint density at radius 2 is 2.14 bits per heavy atom. The van der Waals surface area contributed by atoms with Gasteiger partial charge in [-0.2, -0.15) is 0 Å². The standard InChI is InChI=1S/C16H26N2O4/c1-11-3-8-15(22-11)14(10-21-2)18-16(20)17-13-6-4-12(9-19)5-7-13/h3,8,12-14,19H,4-7,9-10H2,1-2H3,(H2,17,18,20). The van der Waals surface area contributed by atoms with Crippen LogP contribution in [-0.4, -0.2) is 37.5 Å². The Hall–Kier alpha value is -1.53. The van der Waals surface area contributed by atoms with Crippen molar-refractivity contribution in [3.05, 3.63) is 23.7 Å². The van der Waals surface area contributed by atoms with E-state index in [-0.39, 0.29) is 24.7 Å². The molecule has 1 aromatic rings. The Bertz CT molecular complexity index is 466. The van der Waals surface area contributed by atoms with Crippen LogP contribution in [0.25, 0.3) is 0 Å². The molecular weight excluding hydrogens is 284 g/mol. The van der Waals surface area contributed by atoms with Crippen LogP contribution in [0.5, 0.6) is 0 Å². The molecular formula is C16H26N2O4. The van der Waals surface area contributed by atoms with Crippen LogP contribution in [0.2, 0.25) is 0 Å². The van der Waals surface area contributed by atoms with E-state index in [1.54, 1.807) is 7.11 Å². The molecule has 3 N–H and O–H groups in total. The van der Waals surface area contributed by atoms with Crippen LogP contribution in [0.15, 0.2) is 16.5 Å². The Morgan fingerprint density at radius 1 is 1.41 bits per heavy atom. The normalized spacial score (nSPS) is 23.0. The lowest BCUT2D eigenvalue weighted by Gasteiger charge is -2.28. The number of aliphatic hydroxyl groups excluding tert-OH is 1. The van der Waals surface area contributed by atoms with Gasteiger partial charge in [0.2, 0.25) is 0 Å². The van der Waals surface area contributed by atoms with Crippen LogP contribution >= 0.6 is 0 Å². The first-order valence-electron chi connectivity index (χ1n) is 7.85. The number of methoxy groups -OCH3 is 1. The molecule has 0 saturated heterocycles. The van der Waals surface area contributed by atoms with Crippen molar-refractivity contribution in [2.45, 2.75) is 44.7 Å². The highest BCUT2D eigenvalue weighted by Crippen LogP contribution is 2.23. The molecule has 1 unspecified atom stereocenters. The van der Waals surface area contributed by atoms with Crippen molar-refractivity contribution in [2.24, 2.45) is 5.92 Å². The van der Waals surface area contributed by atoms with Gasteiger partial charge < -0.3 is 24.9 Å². The van der Waals surface area contributed by atoms with E-state index in [1.807, 2.05) is 19.1 Å². The molecule has 0 bridgehead atoms. The zero-order chi connectivity index (χ0) is 15.9. The van der Waals surface area contributed by atoms with Crippen LogP contribution in [-0.2, 0) is 4.74 Å². The average molecular weight is 310 g/mol. The fourth-order valence-corrected chi connectivity index (χ4v) is 2.88. The zero-order valence-electron chi connectivity index (χ0n) is 13.3. The van der Waals surface area contributed by atoms with Crippen LogP contribution in [0.4, 0.5) is 4.79 Å². The largest absolute Gasteiger partial charge is 0.464 e. The average Bonchev–Trinajstić information content (AvgIpc) is 2.94. The molecule has 22 heavy (non-hydrogen) atoms. The van der Waals surface area contributed by atoms with E-state index in [2.05, 4.69) is 10.6 Å². The minimum Gasteiger partial charge on any atom is -0.464 e. The van der Waals surface area contributed by atoms with E-state index in [4.69, 9.17) is 14.3 Å². The molecule has 0 spiro atoms. The fraction of sp³-hybridized carbons (Fsp3) is 0.688. The monoisotopic (exact) mass is 310 g/mol. The second-order valence-electron chi connectivity index (χ2n) is 5.97. The summed E-state index contributed by atoms with van der Waals surface area (Å²) in [7, 11) is 1.60. The zero-order valence-corrected chi connectivity index (χ0v) is 13.3. The van der Waals surface area contributed by atoms with Crippen molar-refractivity contribution in [3.8, 4) is 0 Å². The molecule has 1 aliphatic carbocycles. The highest BCUT2D eigenvalue weighted by atomic mass is 16.5. The Morgan fingerprint density at radius 3 is 2.68 bits per heavy atom. The second-order valence-corrected chi connectivity index (χ2v) is 5.97. The number of aryl methyl sites for hydroxylation is 1. The number of furan rings is 1. The first kappa shape index (κ1) is 16.8. The van der Waals surface area contributed by atoms with E-state index in [1.165, 1.54) is 0 Å². The van der Waals surface area contributed by atoms with Gasteiger partial charge in [-0.25, -0.2) is 4.79 Å². The number of carbonyl (C=O) groups is 1. The quantitative estimate of drug-likeness (QED) is 0.751. The Labute approximate surface area is 131 Å². The lowest BCUT2D eigenvalue weighted by atomic mass is 9.87. The molecule has 1 heterocycles. The Kier molecular flexibility index (Phi) is 6.27. The van der Waals surface area contributed by atoms with E-state index in [9.17, 15) is 4.79 Å². The number of hydrogen-bond acceptors (Lipinski definition) is 4. The maximum absolute atomic E-state index is 12.2. The third kappa shape index (κ3) is 4.74. The summed E-state index contributed by atoms with van der Waals surface area (Å²) in [5, 5.41) is 15.0. The van der Waals surface area contributed by atoms with Crippen molar-refractivity contribution in [1.82, 2.24) is 10.6 Å². The van der Waals surface area contributed by atoms with Gasteiger partial charge in [0.05, 0.1) is 6.61 Å². The molecule has 0 aromatic carbocycles. The van der Waals surface area contributed by atoms with Gasteiger partial charge in [0.1, 0.15) is 17.6 Å². The van der Waals surface area contributed by atoms with Gasteiger partial charge in [0.15, 0.2) is 0 Å². The summed E-state index contributed by atoms with van der Waals surface area (Å²) in [5.41, 5.74) is 0. The number of urea groups is 1. The van der Waals surface area contributed by atoms with E-state index in [0.717, 1.165) is 31.4 Å². The van der Waals surface area contributed by atoms with Crippen LogP contribution in [0, 0.1) is 12.8 Å². The van der Waals surface area contributed by atoms with Gasteiger partial charge in [0, 0.05) is 19.8 Å². The highest BCUT2D eigenvalue weighted by molar-refractivity contribution is 5.74. The first-order chi connectivity index (χ1) is 10.6. The number of aliphatic hydroxyl groups is 1. The van der Waals surface area contributed by atoms with Crippen LogP contribution in [0.3, 0.4) is 0 Å². The van der Waals surface area contributed by atoms with Gasteiger partial charge >= 0.3 is 6.03 Å². The third-order valence-electron chi connectivity index (χ3n) is 4.18. The van der Waals surface area contributed by atoms with Gasteiger partial charge in [-0.1, -0.05) is 0 Å². The summed E-state index contributed by atoms with van der Waals surface area (Å²) < 4.78 is 10.7. The predicted molar refractivity (Wildman–Crippen MR) is 82.6 cm³/mol. The summed E-state index contributed by atoms with van der Waals surface area (Å²) in [6.45, 7) is 2.47. The highest BCUT2D eigenvalue weighted by Gasteiger charge is 2.23. The van der Waals surface area contributed by atoms with Crippen molar-refractivity contribution in [1.29, 1.82) is 0 Å². The molecule has 0 radical (unpaired) electrons. The lowest BCUT2D eigenvalue weighted by molar-refractivity contribution is 0.152. The number of hydrogen-bond donors (Lipinski definition) is 3. The molecule has 1 fully saturated rings. The van der Waals surface area contributed by atoms with Crippen molar-refractivity contribution < 1.29 is 19.1 Å². The maximum Gasteiger partial charge on any atom is 0.315 e. The molecule has 124 valence electrons. The summed E-state index contributed by atoms with van der Waals surface area (Å²) in [5.74, 6) is 1.88. The van der Waals surface area contributed by atoms with Crippen LogP contribution < -0.4 is 10.6 Å². The number of ether oxygens (including phenoxy) is 1. The molecule has 1 aromatic heterocycles. The minimum absolute atomic E-state index is 0.171. The molecule has 2 rings (SSSR count). The van der Waals surface area contributed by atoms with Crippen molar-refractivity contribution in [2.75, 3.05) is 20.3 Å². The summed E-state index contributed by atoms with van der Waals surface area (Å²) >= 11 is 0. The lowest BCUT2D eigenvalue weighted by Crippen LogP contribution is -2.45. The second kappa shape index (κ2) is 8.19. The molecule has 1 saturated carbocycles. The first-order valence-corrected chi connectivity index (χ1v) is 7.85. The summed E-state index contributed by atoms with van der Waals surface area (Å²) in [4.78, 5) is 12.2. The van der Waals surface area contributed by atoms with Crippen molar-refractivity contribution in [3.63, 3.8) is 0 Å². The van der Waals surface area contributed by atoms with Gasteiger partial charge in [-0.05, 0) is 50.7 Å². The number of rotatable bonds is 6. The molecule has 1 atom stereocenters. The number of amides is 2. The predicted octanol–water partition coefficient (Wildman–Crippen LogP) is 2.13. The van der Waals surface area contributed by atoms with E-state index < -0.39 is 0 Å². The maximum atomic E-state index is 12.2. The molecule has 6 nitrogen and oxygen atoms in total. The molecule has 6 heteroatoms. The van der Waals surface area contributed by atoms with Crippen molar-refractivity contribution >= 4 is 6.03 Å². The smallest absolute Gasteiger partial charge is 0.315 e. The van der Waals surface area contributed by atoms with E-state index in [0.29, 0.717) is 18.3 Å². The number of nitrogens with one attached hydrogen (secondary N) is 2. The Balaban J connectivity index is 1.83. The summed E-state index contributed by atoms with van der Waals surface area (Å²) in [6.07, 6.45) is 3.74. The van der Waals surface area contributed by atoms with Gasteiger partial charge in [0.25, 0.3) is 0 Å². The molecule has 0 aliphatic heterocycles. The SMILES string of the molecule is COCC(NC(=O)NC1CCC(CO)CC1)c1ccc(C)o1. The topological polar surface area (TPSA) is 83.7 Å².